The normalized spacial score (nSPS) is 21.2. The first-order valence-electron chi connectivity index (χ1n) is 8.36. The fourth-order valence-electron chi connectivity index (χ4n) is 3.81. The van der Waals surface area contributed by atoms with Gasteiger partial charge in [0.2, 0.25) is 0 Å². The molecule has 0 aliphatic carbocycles. The summed E-state index contributed by atoms with van der Waals surface area (Å²) in [6.07, 6.45) is 0.960. The molecular weight excluding hydrogens is 308 g/mol. The van der Waals surface area contributed by atoms with Crippen molar-refractivity contribution >= 4 is 22.9 Å². The third-order valence-electron chi connectivity index (χ3n) is 4.99. The van der Waals surface area contributed by atoms with Crippen molar-refractivity contribution in [1.29, 1.82) is 0 Å². The van der Waals surface area contributed by atoms with Gasteiger partial charge in [-0.3, -0.25) is 9.48 Å². The Morgan fingerprint density at radius 1 is 1.25 bits per heavy atom. The average molecular weight is 328 g/mol. The van der Waals surface area contributed by atoms with Gasteiger partial charge in [0.1, 0.15) is 5.69 Å². The van der Waals surface area contributed by atoms with Gasteiger partial charge in [0, 0.05) is 31.6 Å². The molecule has 1 aromatic carbocycles. The second kappa shape index (κ2) is 5.81. The molecule has 7 nitrogen and oxygen atoms in total. The highest BCUT2D eigenvalue weighted by Crippen LogP contribution is 2.25. The summed E-state index contributed by atoms with van der Waals surface area (Å²) < 4.78 is 1.80. The Hall–Kier alpha value is -2.57. The summed E-state index contributed by atoms with van der Waals surface area (Å²) in [4.78, 5) is 27.4. The molecule has 7 heteroatoms. The summed E-state index contributed by atoms with van der Waals surface area (Å²) in [5.74, 6) is 0.210. The molecule has 0 bridgehead atoms. The van der Waals surface area contributed by atoms with Crippen LogP contribution >= 0.6 is 0 Å². The number of hydrogen-bond acceptors (Lipinski definition) is 3. The molecule has 0 radical (unpaired) electrons. The molecule has 0 saturated carbocycles. The van der Waals surface area contributed by atoms with E-state index in [2.05, 4.69) is 5.10 Å². The molecule has 1 unspecified atom stereocenters. The van der Waals surface area contributed by atoms with E-state index in [9.17, 15) is 9.59 Å². The van der Waals surface area contributed by atoms with E-state index in [0.29, 0.717) is 38.4 Å². The number of benzene rings is 1. The van der Waals surface area contributed by atoms with E-state index < -0.39 is 6.09 Å². The molecule has 2 aromatic rings. The van der Waals surface area contributed by atoms with Crippen LogP contribution in [-0.2, 0) is 6.54 Å². The minimum atomic E-state index is -0.867. The fourth-order valence-corrected chi connectivity index (χ4v) is 3.81. The summed E-state index contributed by atoms with van der Waals surface area (Å²) in [5, 5.41) is 14.6. The minimum Gasteiger partial charge on any atom is -0.465 e. The van der Waals surface area contributed by atoms with Crippen molar-refractivity contribution in [2.24, 2.45) is 5.92 Å². The number of rotatable bonds is 2. The predicted molar refractivity (Wildman–Crippen MR) is 88.0 cm³/mol. The number of piperidine rings is 1. The van der Waals surface area contributed by atoms with E-state index in [0.717, 1.165) is 23.7 Å². The number of hydrogen-bond donors (Lipinski definition) is 1. The predicted octanol–water partition coefficient (Wildman–Crippen LogP) is 1.88. The molecule has 2 aliphatic rings. The van der Waals surface area contributed by atoms with Gasteiger partial charge >= 0.3 is 6.09 Å². The molecule has 1 N–H and O–H groups in total. The van der Waals surface area contributed by atoms with Crippen LogP contribution in [0, 0.1) is 5.92 Å². The first-order chi connectivity index (χ1) is 11.6. The van der Waals surface area contributed by atoms with E-state index in [1.807, 2.05) is 29.2 Å². The van der Waals surface area contributed by atoms with Gasteiger partial charge in [-0.25, -0.2) is 4.79 Å². The van der Waals surface area contributed by atoms with E-state index in [-0.39, 0.29) is 11.8 Å². The van der Waals surface area contributed by atoms with Crippen LogP contribution in [0.4, 0.5) is 4.79 Å². The first-order valence-corrected chi connectivity index (χ1v) is 8.36. The quantitative estimate of drug-likeness (QED) is 0.913. The van der Waals surface area contributed by atoms with E-state index >= 15 is 0 Å². The Labute approximate surface area is 139 Å². The smallest absolute Gasteiger partial charge is 0.407 e. The van der Waals surface area contributed by atoms with Crippen molar-refractivity contribution < 1.29 is 14.7 Å². The van der Waals surface area contributed by atoms with Crippen LogP contribution in [0.25, 0.3) is 10.9 Å². The molecule has 4 rings (SSSR count). The van der Waals surface area contributed by atoms with Gasteiger partial charge in [0.25, 0.3) is 5.91 Å². The third kappa shape index (κ3) is 2.50. The maximum atomic E-state index is 12.9. The van der Waals surface area contributed by atoms with Crippen LogP contribution in [0.1, 0.15) is 23.3 Å². The first kappa shape index (κ1) is 15.0. The van der Waals surface area contributed by atoms with Gasteiger partial charge in [-0.05, 0) is 24.8 Å². The number of aromatic nitrogens is 2. The average Bonchev–Trinajstić information content (AvgIpc) is 2.97. The molecule has 1 fully saturated rings. The molecule has 2 amide bonds. The summed E-state index contributed by atoms with van der Waals surface area (Å²) >= 11 is 0. The zero-order chi connectivity index (χ0) is 16.7. The topological polar surface area (TPSA) is 78.7 Å². The van der Waals surface area contributed by atoms with E-state index in [1.165, 1.54) is 4.90 Å². The lowest BCUT2D eigenvalue weighted by molar-refractivity contribution is 0.0618. The van der Waals surface area contributed by atoms with Gasteiger partial charge in [-0.1, -0.05) is 18.2 Å². The SMILES string of the molecule is O=C(O)N1CCCC(CN2CCn3nc4ccccc4c3C2=O)C1. The second-order valence-corrected chi connectivity index (χ2v) is 6.58. The second-order valence-electron chi connectivity index (χ2n) is 6.58. The highest BCUT2D eigenvalue weighted by molar-refractivity contribution is 6.05. The van der Waals surface area contributed by atoms with Crippen LogP contribution in [-0.4, -0.2) is 62.9 Å². The fraction of sp³-hybridized carbons (Fsp3) is 0.471. The number of amides is 2. The van der Waals surface area contributed by atoms with Crippen LogP contribution in [0.5, 0.6) is 0 Å². The Balaban J connectivity index is 1.54. The third-order valence-corrected chi connectivity index (χ3v) is 4.99. The minimum absolute atomic E-state index is 0.00222. The lowest BCUT2D eigenvalue weighted by Crippen LogP contribution is -2.47. The standard InChI is InChI=1S/C17H20N4O3/c22-16-15-13-5-1-2-6-14(13)18-21(15)9-8-19(16)10-12-4-3-7-20(11-12)17(23)24/h1-2,5-6,12H,3-4,7-11H2,(H,23,24). The van der Waals surface area contributed by atoms with E-state index in [1.54, 1.807) is 4.68 Å². The molecule has 2 aliphatic heterocycles. The monoisotopic (exact) mass is 328 g/mol. The molecule has 1 atom stereocenters. The van der Waals surface area contributed by atoms with Crippen LogP contribution in [0.2, 0.25) is 0 Å². The maximum Gasteiger partial charge on any atom is 0.407 e. The number of nitrogens with zero attached hydrogens (tertiary/aromatic N) is 4. The number of carbonyl (C=O) groups is 2. The van der Waals surface area contributed by atoms with Crippen LogP contribution in [0.15, 0.2) is 24.3 Å². The number of fused-ring (bicyclic) bond motifs is 3. The Bertz CT molecular complexity index is 800. The Morgan fingerprint density at radius 2 is 2.08 bits per heavy atom. The molecule has 1 aromatic heterocycles. The zero-order valence-corrected chi connectivity index (χ0v) is 13.4. The highest BCUT2D eigenvalue weighted by Gasteiger charge is 2.31. The van der Waals surface area contributed by atoms with E-state index in [4.69, 9.17) is 5.11 Å². The van der Waals surface area contributed by atoms with Crippen molar-refractivity contribution in [3.05, 3.63) is 30.0 Å². The number of carbonyl (C=O) groups excluding carboxylic acids is 1. The lowest BCUT2D eigenvalue weighted by Gasteiger charge is -2.35. The molecule has 3 heterocycles. The van der Waals surface area contributed by atoms with Crippen molar-refractivity contribution in [1.82, 2.24) is 19.6 Å². The molecule has 24 heavy (non-hydrogen) atoms. The van der Waals surface area contributed by atoms with Crippen molar-refractivity contribution in [3.63, 3.8) is 0 Å². The summed E-state index contributed by atoms with van der Waals surface area (Å²) in [5.41, 5.74) is 1.50. The lowest BCUT2D eigenvalue weighted by atomic mass is 9.97. The molecular formula is C17H20N4O3. The van der Waals surface area contributed by atoms with Crippen molar-refractivity contribution in [2.75, 3.05) is 26.2 Å². The maximum absolute atomic E-state index is 12.9. The van der Waals surface area contributed by atoms with Crippen LogP contribution < -0.4 is 0 Å². The van der Waals surface area contributed by atoms with Gasteiger partial charge in [-0.15, -0.1) is 0 Å². The van der Waals surface area contributed by atoms with Gasteiger partial charge in [0.15, 0.2) is 0 Å². The van der Waals surface area contributed by atoms with Crippen LogP contribution in [0.3, 0.4) is 0 Å². The Morgan fingerprint density at radius 3 is 2.92 bits per heavy atom. The highest BCUT2D eigenvalue weighted by atomic mass is 16.4. The van der Waals surface area contributed by atoms with Gasteiger partial charge < -0.3 is 14.9 Å². The van der Waals surface area contributed by atoms with Crippen molar-refractivity contribution in [3.8, 4) is 0 Å². The number of carboxylic acid groups (broad SMARTS) is 1. The molecule has 126 valence electrons. The summed E-state index contributed by atoms with van der Waals surface area (Å²) in [6, 6.07) is 7.70. The van der Waals surface area contributed by atoms with Gasteiger partial charge in [-0.2, -0.15) is 5.10 Å². The molecule has 0 spiro atoms. The summed E-state index contributed by atoms with van der Waals surface area (Å²) in [6.45, 7) is 3.03. The summed E-state index contributed by atoms with van der Waals surface area (Å²) in [7, 11) is 0. The largest absolute Gasteiger partial charge is 0.465 e. The van der Waals surface area contributed by atoms with Gasteiger partial charge in [0.05, 0.1) is 12.1 Å². The zero-order valence-electron chi connectivity index (χ0n) is 13.4. The van der Waals surface area contributed by atoms with Crippen molar-refractivity contribution in [2.45, 2.75) is 19.4 Å². The Kier molecular flexibility index (Phi) is 3.63. The number of likely N-dealkylation sites (tertiary alicyclic amines) is 1. The molecule has 1 saturated heterocycles.